The molecular formula is C11H16N2O2. The van der Waals surface area contributed by atoms with Crippen LogP contribution in [0.1, 0.15) is 24.9 Å². The molecule has 1 saturated heterocycles. The van der Waals surface area contributed by atoms with Crippen LogP contribution in [0, 0.1) is 0 Å². The lowest BCUT2D eigenvalue weighted by Gasteiger charge is -2.11. The maximum atomic E-state index is 5.73. The normalized spacial score (nSPS) is 22.7. The number of ether oxygens (including phenoxy) is 2. The van der Waals surface area contributed by atoms with Crippen LogP contribution in [0.15, 0.2) is 18.3 Å². The zero-order valence-electron chi connectivity index (χ0n) is 8.85. The number of pyridine rings is 1. The highest BCUT2D eigenvalue weighted by atomic mass is 16.5. The van der Waals surface area contributed by atoms with Gasteiger partial charge in [-0.05, 0) is 12.5 Å². The maximum Gasteiger partial charge on any atom is 0.213 e. The van der Waals surface area contributed by atoms with E-state index in [4.69, 9.17) is 15.2 Å². The molecule has 2 N–H and O–H groups in total. The summed E-state index contributed by atoms with van der Waals surface area (Å²) >= 11 is 0. The summed E-state index contributed by atoms with van der Waals surface area (Å²) in [6.45, 7) is 3.38. The van der Waals surface area contributed by atoms with Gasteiger partial charge in [-0.1, -0.05) is 6.07 Å². The Labute approximate surface area is 89.4 Å². The minimum absolute atomic E-state index is 0.0152. The molecule has 2 heterocycles. The Morgan fingerprint density at radius 3 is 3.00 bits per heavy atom. The molecule has 15 heavy (non-hydrogen) atoms. The Morgan fingerprint density at radius 1 is 1.60 bits per heavy atom. The Bertz CT molecular complexity index is 305. The zero-order valence-corrected chi connectivity index (χ0v) is 8.85. The second-order valence-corrected chi connectivity index (χ2v) is 3.82. The van der Waals surface area contributed by atoms with Gasteiger partial charge in [-0.3, -0.25) is 0 Å². The van der Waals surface area contributed by atoms with Gasteiger partial charge in [0.25, 0.3) is 0 Å². The van der Waals surface area contributed by atoms with E-state index in [1.807, 2.05) is 19.1 Å². The highest BCUT2D eigenvalue weighted by Crippen LogP contribution is 2.16. The molecule has 0 aliphatic carbocycles. The first-order valence-corrected chi connectivity index (χ1v) is 5.21. The summed E-state index contributed by atoms with van der Waals surface area (Å²) in [5.74, 6) is 0.648. The molecule has 4 heteroatoms. The fourth-order valence-corrected chi connectivity index (χ4v) is 1.51. The topological polar surface area (TPSA) is 57.4 Å². The molecule has 4 nitrogen and oxygen atoms in total. The van der Waals surface area contributed by atoms with E-state index in [2.05, 4.69) is 4.98 Å². The predicted octanol–water partition coefficient (Wildman–Crippen LogP) is 1.27. The van der Waals surface area contributed by atoms with Gasteiger partial charge in [0.2, 0.25) is 5.88 Å². The maximum absolute atomic E-state index is 5.73. The van der Waals surface area contributed by atoms with Crippen molar-refractivity contribution in [2.75, 3.05) is 13.2 Å². The van der Waals surface area contributed by atoms with Crippen molar-refractivity contribution in [1.29, 1.82) is 0 Å². The number of nitrogens with two attached hydrogens (primary N) is 1. The number of hydrogen-bond donors (Lipinski definition) is 1. The summed E-state index contributed by atoms with van der Waals surface area (Å²) < 4.78 is 10.9. The molecule has 1 aromatic rings. The second-order valence-electron chi connectivity index (χ2n) is 3.82. The Kier molecular flexibility index (Phi) is 3.18. The van der Waals surface area contributed by atoms with Crippen molar-refractivity contribution in [1.82, 2.24) is 4.98 Å². The van der Waals surface area contributed by atoms with E-state index in [9.17, 15) is 0 Å². The van der Waals surface area contributed by atoms with E-state index in [1.165, 1.54) is 0 Å². The molecule has 1 aromatic heterocycles. The minimum Gasteiger partial charge on any atom is -0.472 e. The summed E-state index contributed by atoms with van der Waals surface area (Å²) in [7, 11) is 0. The fourth-order valence-electron chi connectivity index (χ4n) is 1.51. The van der Waals surface area contributed by atoms with Crippen LogP contribution in [0.4, 0.5) is 0 Å². The molecule has 1 aliphatic heterocycles. The smallest absolute Gasteiger partial charge is 0.213 e. The second kappa shape index (κ2) is 4.59. The van der Waals surface area contributed by atoms with Gasteiger partial charge in [0.1, 0.15) is 6.10 Å². The quantitative estimate of drug-likeness (QED) is 0.812. The standard InChI is InChI=1S/C11H16N2O2/c1-8(12)9-2-3-11(13-6-9)15-10-4-5-14-7-10/h2-3,6,8,10H,4-5,7,12H2,1H3/t8-,10-/m0/s1. The van der Waals surface area contributed by atoms with E-state index >= 15 is 0 Å². The highest BCUT2D eigenvalue weighted by molar-refractivity contribution is 5.20. The summed E-state index contributed by atoms with van der Waals surface area (Å²) in [6, 6.07) is 3.82. The lowest BCUT2D eigenvalue weighted by Crippen LogP contribution is -2.16. The number of nitrogens with zero attached hydrogens (tertiary/aromatic N) is 1. The third-order valence-corrected chi connectivity index (χ3v) is 2.46. The average molecular weight is 208 g/mol. The monoisotopic (exact) mass is 208 g/mol. The van der Waals surface area contributed by atoms with Crippen molar-refractivity contribution >= 4 is 0 Å². The van der Waals surface area contributed by atoms with Crippen molar-refractivity contribution in [3.05, 3.63) is 23.9 Å². The van der Waals surface area contributed by atoms with Gasteiger partial charge in [-0.2, -0.15) is 0 Å². The van der Waals surface area contributed by atoms with Gasteiger partial charge < -0.3 is 15.2 Å². The summed E-state index contributed by atoms with van der Waals surface area (Å²) in [5, 5.41) is 0. The Balaban J connectivity index is 1.97. The molecule has 0 spiro atoms. The first kappa shape index (κ1) is 10.4. The molecular weight excluding hydrogens is 192 g/mol. The summed E-state index contributed by atoms with van der Waals surface area (Å²) in [4.78, 5) is 4.21. The number of aromatic nitrogens is 1. The Morgan fingerprint density at radius 2 is 2.47 bits per heavy atom. The molecule has 0 aromatic carbocycles. The third-order valence-electron chi connectivity index (χ3n) is 2.46. The lowest BCUT2D eigenvalue weighted by molar-refractivity contribution is 0.138. The van der Waals surface area contributed by atoms with Gasteiger partial charge in [0.05, 0.1) is 13.2 Å². The SMILES string of the molecule is C[C@H](N)c1ccc(O[C@H]2CCOC2)nc1. The van der Waals surface area contributed by atoms with Crippen molar-refractivity contribution in [2.45, 2.75) is 25.5 Å². The van der Waals surface area contributed by atoms with Crippen LogP contribution < -0.4 is 10.5 Å². The largest absolute Gasteiger partial charge is 0.472 e. The number of hydrogen-bond acceptors (Lipinski definition) is 4. The molecule has 0 bridgehead atoms. The van der Waals surface area contributed by atoms with Crippen LogP contribution in [-0.2, 0) is 4.74 Å². The molecule has 1 aliphatic rings. The molecule has 1 fully saturated rings. The van der Waals surface area contributed by atoms with Crippen LogP contribution in [0.5, 0.6) is 5.88 Å². The van der Waals surface area contributed by atoms with Crippen LogP contribution in [0.2, 0.25) is 0 Å². The van der Waals surface area contributed by atoms with E-state index in [1.54, 1.807) is 6.20 Å². The van der Waals surface area contributed by atoms with Crippen molar-refractivity contribution in [3.63, 3.8) is 0 Å². The molecule has 2 rings (SSSR count). The molecule has 0 unspecified atom stereocenters. The summed E-state index contributed by atoms with van der Waals surface area (Å²) in [6.07, 6.45) is 2.85. The van der Waals surface area contributed by atoms with Gasteiger partial charge in [-0.15, -0.1) is 0 Å². The van der Waals surface area contributed by atoms with Crippen LogP contribution in [0.25, 0.3) is 0 Å². The lowest BCUT2D eigenvalue weighted by atomic mass is 10.2. The van der Waals surface area contributed by atoms with Gasteiger partial charge >= 0.3 is 0 Å². The van der Waals surface area contributed by atoms with Crippen LogP contribution in [0.3, 0.4) is 0 Å². The van der Waals surface area contributed by atoms with E-state index in [0.29, 0.717) is 12.5 Å². The zero-order chi connectivity index (χ0) is 10.7. The van der Waals surface area contributed by atoms with Crippen molar-refractivity contribution in [2.24, 2.45) is 5.73 Å². The van der Waals surface area contributed by atoms with E-state index in [-0.39, 0.29) is 12.1 Å². The summed E-state index contributed by atoms with van der Waals surface area (Å²) in [5.41, 5.74) is 6.75. The van der Waals surface area contributed by atoms with Crippen molar-refractivity contribution < 1.29 is 9.47 Å². The predicted molar refractivity (Wildman–Crippen MR) is 56.7 cm³/mol. The highest BCUT2D eigenvalue weighted by Gasteiger charge is 2.17. The van der Waals surface area contributed by atoms with Gasteiger partial charge in [0.15, 0.2) is 0 Å². The molecule has 0 saturated carbocycles. The van der Waals surface area contributed by atoms with E-state index < -0.39 is 0 Å². The molecule has 0 radical (unpaired) electrons. The average Bonchev–Trinajstić information content (AvgIpc) is 2.71. The molecule has 2 atom stereocenters. The van der Waals surface area contributed by atoms with Gasteiger partial charge in [0, 0.05) is 24.7 Å². The van der Waals surface area contributed by atoms with Crippen LogP contribution in [-0.4, -0.2) is 24.3 Å². The first-order valence-electron chi connectivity index (χ1n) is 5.21. The fraction of sp³-hybridized carbons (Fsp3) is 0.545. The first-order chi connectivity index (χ1) is 7.25. The Hall–Kier alpha value is -1.13. The van der Waals surface area contributed by atoms with Gasteiger partial charge in [-0.25, -0.2) is 4.98 Å². The van der Waals surface area contributed by atoms with Crippen LogP contribution >= 0.6 is 0 Å². The third kappa shape index (κ3) is 2.67. The minimum atomic E-state index is 0.0152. The molecule has 82 valence electrons. The molecule has 0 amide bonds. The number of rotatable bonds is 3. The van der Waals surface area contributed by atoms with E-state index in [0.717, 1.165) is 18.6 Å². The van der Waals surface area contributed by atoms with Crippen molar-refractivity contribution in [3.8, 4) is 5.88 Å².